The molecule has 2 fully saturated rings. The van der Waals surface area contributed by atoms with Crippen molar-refractivity contribution in [2.24, 2.45) is 0 Å². The van der Waals surface area contributed by atoms with Crippen molar-refractivity contribution in [2.75, 3.05) is 26.7 Å². The molecule has 1 atom stereocenters. The molecule has 2 rings (SSSR count). The van der Waals surface area contributed by atoms with Gasteiger partial charge in [0.05, 0.1) is 0 Å². The minimum absolute atomic E-state index is 0.0199. The largest absolute Gasteiger partial charge is 0.338 e. The van der Waals surface area contributed by atoms with E-state index in [0.29, 0.717) is 0 Å². The van der Waals surface area contributed by atoms with E-state index in [2.05, 4.69) is 4.90 Å². The highest BCUT2D eigenvalue weighted by molar-refractivity contribution is 7.87. The number of carbonyl (C=O) groups excluding carboxylic acids is 1. The first-order chi connectivity index (χ1) is 7.88. The van der Waals surface area contributed by atoms with E-state index in [4.69, 9.17) is 0 Å². The van der Waals surface area contributed by atoms with Gasteiger partial charge in [0.15, 0.2) is 0 Å². The van der Waals surface area contributed by atoms with Crippen LogP contribution in [0.3, 0.4) is 0 Å². The van der Waals surface area contributed by atoms with Crippen LogP contribution >= 0.6 is 0 Å². The SMILES string of the molecule is CN1CCC(N2CC(S(=O)(=O)F)CC2=O)CC1. The first kappa shape index (κ1) is 12.8. The van der Waals surface area contributed by atoms with Crippen molar-refractivity contribution in [2.45, 2.75) is 30.6 Å². The quantitative estimate of drug-likeness (QED) is 0.658. The highest BCUT2D eigenvalue weighted by atomic mass is 32.3. The minimum atomic E-state index is -4.59. The molecule has 0 bridgehead atoms. The Morgan fingerprint density at radius 3 is 2.35 bits per heavy atom. The van der Waals surface area contributed by atoms with Crippen molar-refractivity contribution in [3.05, 3.63) is 0 Å². The topological polar surface area (TPSA) is 57.7 Å². The van der Waals surface area contributed by atoms with Crippen LogP contribution in [0.1, 0.15) is 19.3 Å². The van der Waals surface area contributed by atoms with E-state index < -0.39 is 15.5 Å². The number of piperidine rings is 1. The predicted octanol–water partition coefficient (Wildman–Crippen LogP) is -0.0192. The standard InChI is InChI=1S/C10H17FN2O3S/c1-12-4-2-8(3-5-12)13-7-9(6-10(13)14)17(11,15)16/h8-9H,2-7H2,1H3. The normalized spacial score (nSPS) is 28.9. The zero-order valence-corrected chi connectivity index (χ0v) is 10.6. The lowest BCUT2D eigenvalue weighted by molar-refractivity contribution is -0.130. The van der Waals surface area contributed by atoms with Crippen molar-refractivity contribution in [1.82, 2.24) is 9.80 Å². The first-order valence-corrected chi connectivity index (χ1v) is 7.24. The van der Waals surface area contributed by atoms with Crippen LogP contribution in [0, 0.1) is 0 Å². The maximum Gasteiger partial charge on any atom is 0.307 e. The second kappa shape index (κ2) is 4.53. The Balaban J connectivity index is 2.01. The minimum Gasteiger partial charge on any atom is -0.338 e. The summed E-state index contributed by atoms with van der Waals surface area (Å²) in [4.78, 5) is 15.4. The number of likely N-dealkylation sites (tertiary alicyclic amines) is 2. The van der Waals surface area contributed by atoms with Crippen molar-refractivity contribution in [3.63, 3.8) is 0 Å². The summed E-state index contributed by atoms with van der Waals surface area (Å²) >= 11 is 0. The molecule has 2 aliphatic rings. The number of nitrogens with zero attached hydrogens (tertiary/aromatic N) is 2. The third-order valence-electron chi connectivity index (χ3n) is 3.65. The maximum absolute atomic E-state index is 12.9. The summed E-state index contributed by atoms with van der Waals surface area (Å²) in [5, 5.41) is -1.16. The van der Waals surface area contributed by atoms with Crippen LogP contribution in [0.2, 0.25) is 0 Å². The molecule has 0 aromatic rings. The van der Waals surface area contributed by atoms with Gasteiger partial charge < -0.3 is 9.80 Å². The molecule has 0 N–H and O–H groups in total. The van der Waals surface area contributed by atoms with Gasteiger partial charge in [-0.3, -0.25) is 4.79 Å². The number of carbonyl (C=O) groups is 1. The van der Waals surface area contributed by atoms with Crippen LogP contribution < -0.4 is 0 Å². The summed E-state index contributed by atoms with van der Waals surface area (Å²) in [5.74, 6) is -0.231. The lowest BCUT2D eigenvalue weighted by Crippen LogP contribution is -2.44. The molecule has 0 aromatic carbocycles. The second-order valence-electron chi connectivity index (χ2n) is 4.88. The summed E-state index contributed by atoms with van der Waals surface area (Å²) in [5.41, 5.74) is 0. The van der Waals surface area contributed by atoms with Crippen LogP contribution in [-0.4, -0.2) is 62.1 Å². The van der Waals surface area contributed by atoms with Gasteiger partial charge in [-0.1, -0.05) is 0 Å². The fourth-order valence-electron chi connectivity index (χ4n) is 2.55. The number of amides is 1. The predicted molar refractivity (Wildman–Crippen MR) is 60.7 cm³/mol. The molecule has 0 aliphatic carbocycles. The van der Waals surface area contributed by atoms with Gasteiger partial charge in [0.2, 0.25) is 5.91 Å². The van der Waals surface area contributed by atoms with Gasteiger partial charge >= 0.3 is 10.2 Å². The summed E-state index contributed by atoms with van der Waals surface area (Å²) < 4.78 is 34.5. The second-order valence-corrected chi connectivity index (χ2v) is 6.50. The van der Waals surface area contributed by atoms with Crippen LogP contribution in [0.5, 0.6) is 0 Å². The van der Waals surface area contributed by atoms with Gasteiger partial charge in [-0.05, 0) is 33.0 Å². The van der Waals surface area contributed by atoms with Gasteiger partial charge in [-0.2, -0.15) is 8.42 Å². The van der Waals surface area contributed by atoms with E-state index in [1.54, 1.807) is 4.90 Å². The van der Waals surface area contributed by atoms with E-state index >= 15 is 0 Å². The number of hydrogen-bond donors (Lipinski definition) is 0. The van der Waals surface area contributed by atoms with Crippen molar-refractivity contribution < 1.29 is 17.1 Å². The molecule has 2 saturated heterocycles. The van der Waals surface area contributed by atoms with Crippen molar-refractivity contribution in [1.29, 1.82) is 0 Å². The van der Waals surface area contributed by atoms with Gasteiger partial charge in [-0.25, -0.2) is 0 Å². The molecule has 0 radical (unpaired) electrons. The smallest absolute Gasteiger partial charge is 0.307 e. The number of rotatable bonds is 2. The van der Waals surface area contributed by atoms with E-state index in [1.165, 1.54) is 0 Å². The molecule has 5 nitrogen and oxygen atoms in total. The van der Waals surface area contributed by atoms with Crippen LogP contribution in [0.15, 0.2) is 0 Å². The average molecular weight is 264 g/mol. The van der Waals surface area contributed by atoms with Crippen LogP contribution in [0.25, 0.3) is 0 Å². The monoisotopic (exact) mass is 264 g/mol. The fraction of sp³-hybridized carbons (Fsp3) is 0.900. The molecule has 0 saturated carbocycles. The molecule has 1 amide bonds. The Morgan fingerprint density at radius 2 is 1.88 bits per heavy atom. The molecular weight excluding hydrogens is 247 g/mol. The highest BCUT2D eigenvalue weighted by Crippen LogP contribution is 2.25. The van der Waals surface area contributed by atoms with E-state index in [0.717, 1.165) is 25.9 Å². The zero-order valence-electron chi connectivity index (χ0n) is 9.80. The Hall–Kier alpha value is -0.690. The van der Waals surface area contributed by atoms with Crippen LogP contribution in [0.4, 0.5) is 3.89 Å². The van der Waals surface area contributed by atoms with Crippen molar-refractivity contribution in [3.8, 4) is 0 Å². The van der Waals surface area contributed by atoms with Gasteiger partial charge in [0.1, 0.15) is 5.25 Å². The number of halogens is 1. The van der Waals surface area contributed by atoms with Gasteiger partial charge in [-0.15, -0.1) is 3.89 Å². The molecule has 2 aliphatic heterocycles. The van der Waals surface area contributed by atoms with Crippen molar-refractivity contribution >= 4 is 16.1 Å². The molecular formula is C10H17FN2O3S. The summed E-state index contributed by atoms with van der Waals surface area (Å²) in [6, 6.07) is 0.0745. The molecule has 17 heavy (non-hydrogen) atoms. The average Bonchev–Trinajstić information content (AvgIpc) is 2.61. The molecule has 7 heteroatoms. The van der Waals surface area contributed by atoms with Gasteiger partial charge in [0.25, 0.3) is 0 Å². The zero-order chi connectivity index (χ0) is 12.6. The summed E-state index contributed by atoms with van der Waals surface area (Å²) in [6.45, 7) is 1.80. The molecule has 0 spiro atoms. The van der Waals surface area contributed by atoms with Gasteiger partial charge in [0, 0.05) is 19.0 Å². The third-order valence-corrected chi connectivity index (χ3v) is 4.76. The Morgan fingerprint density at radius 1 is 1.29 bits per heavy atom. The number of hydrogen-bond acceptors (Lipinski definition) is 4. The van der Waals surface area contributed by atoms with E-state index in [-0.39, 0.29) is 24.9 Å². The fourth-order valence-corrected chi connectivity index (χ4v) is 3.23. The van der Waals surface area contributed by atoms with E-state index in [1.807, 2.05) is 7.05 Å². The molecule has 1 unspecified atom stereocenters. The molecule has 2 heterocycles. The molecule has 98 valence electrons. The van der Waals surface area contributed by atoms with Crippen LogP contribution in [-0.2, 0) is 15.0 Å². The Labute approximate surface area is 101 Å². The molecule has 0 aromatic heterocycles. The first-order valence-electron chi connectivity index (χ1n) is 5.79. The summed E-state index contributed by atoms with van der Waals surface area (Å²) in [6.07, 6.45) is 1.47. The lowest BCUT2D eigenvalue weighted by Gasteiger charge is -2.35. The maximum atomic E-state index is 12.9. The Bertz CT molecular complexity index is 404. The third kappa shape index (κ3) is 2.77. The lowest BCUT2D eigenvalue weighted by atomic mass is 10.0. The summed E-state index contributed by atoms with van der Waals surface area (Å²) in [7, 11) is -2.58. The van der Waals surface area contributed by atoms with E-state index in [9.17, 15) is 17.1 Å². The highest BCUT2D eigenvalue weighted by Gasteiger charge is 2.41. The Kier molecular flexibility index (Phi) is 3.40.